The Balaban J connectivity index is 1.69. The number of carboxylic acid groups (broad SMARTS) is 1. The molecule has 2 heterocycles. The number of carbonyl (C=O) groups excluding carboxylic acids is 1. The van der Waals surface area contributed by atoms with Crippen molar-refractivity contribution in [2.24, 2.45) is 0 Å². The van der Waals surface area contributed by atoms with Gasteiger partial charge in [-0.2, -0.15) is 5.10 Å². The zero-order chi connectivity index (χ0) is 22.7. The molecule has 1 N–H and O–H groups in total. The van der Waals surface area contributed by atoms with Crippen LogP contribution in [0.3, 0.4) is 0 Å². The summed E-state index contributed by atoms with van der Waals surface area (Å²) >= 11 is 10.0. The number of nitrogens with zero attached hydrogens (tertiary/aromatic N) is 3. The fourth-order valence-corrected chi connectivity index (χ4v) is 4.82. The summed E-state index contributed by atoms with van der Waals surface area (Å²) in [7, 11) is 0. The monoisotopic (exact) mass is 527 g/mol. The standard InChI is InChI=1S/C23H18BrN3O3S2/c24-17-10-8-15(9-11-17)21-16(14-27(25-21)18-5-2-1-3-6-18)13-19-22(30)26(23(31)32-19)12-4-7-20(28)29/h1-3,5-6,8-11,13-14H,4,7,12H2,(H,28,29)/b19-13-. The molecule has 1 aliphatic heterocycles. The summed E-state index contributed by atoms with van der Waals surface area (Å²) in [6, 6.07) is 17.6. The van der Waals surface area contributed by atoms with E-state index in [1.54, 1.807) is 10.8 Å². The minimum absolute atomic E-state index is 0.00628. The second kappa shape index (κ2) is 9.81. The molecule has 0 unspecified atom stereocenters. The average molecular weight is 528 g/mol. The Morgan fingerprint density at radius 3 is 2.56 bits per heavy atom. The van der Waals surface area contributed by atoms with Crippen molar-refractivity contribution in [3.05, 3.63) is 75.7 Å². The molecule has 6 nitrogen and oxygen atoms in total. The van der Waals surface area contributed by atoms with Crippen LogP contribution in [0.5, 0.6) is 0 Å². The summed E-state index contributed by atoms with van der Waals surface area (Å²) in [6.07, 6.45) is 4.04. The summed E-state index contributed by atoms with van der Waals surface area (Å²) in [5.74, 6) is -1.10. The van der Waals surface area contributed by atoms with E-state index in [0.29, 0.717) is 15.6 Å². The summed E-state index contributed by atoms with van der Waals surface area (Å²) < 4.78 is 3.19. The molecule has 9 heteroatoms. The van der Waals surface area contributed by atoms with Crippen LogP contribution in [0.2, 0.25) is 0 Å². The first kappa shape index (κ1) is 22.4. The van der Waals surface area contributed by atoms with Gasteiger partial charge in [0, 0.05) is 34.8 Å². The van der Waals surface area contributed by atoms with Crippen molar-refractivity contribution in [2.75, 3.05) is 6.54 Å². The van der Waals surface area contributed by atoms with Gasteiger partial charge in [0.15, 0.2) is 0 Å². The van der Waals surface area contributed by atoms with Gasteiger partial charge in [-0.25, -0.2) is 4.68 Å². The molecule has 0 atom stereocenters. The molecule has 0 spiro atoms. The van der Waals surface area contributed by atoms with Crippen LogP contribution < -0.4 is 0 Å². The van der Waals surface area contributed by atoms with Crippen molar-refractivity contribution in [1.29, 1.82) is 0 Å². The van der Waals surface area contributed by atoms with Crippen molar-refractivity contribution in [3.8, 4) is 16.9 Å². The molecule has 1 aliphatic rings. The third-order valence-corrected chi connectivity index (χ3v) is 6.72. The van der Waals surface area contributed by atoms with Crippen molar-refractivity contribution in [1.82, 2.24) is 14.7 Å². The van der Waals surface area contributed by atoms with E-state index < -0.39 is 5.97 Å². The van der Waals surface area contributed by atoms with Gasteiger partial charge >= 0.3 is 5.97 Å². The molecule has 0 radical (unpaired) electrons. The Morgan fingerprint density at radius 1 is 1.16 bits per heavy atom. The van der Waals surface area contributed by atoms with Crippen molar-refractivity contribution < 1.29 is 14.7 Å². The maximum Gasteiger partial charge on any atom is 0.303 e. The number of carbonyl (C=O) groups is 2. The predicted molar refractivity (Wildman–Crippen MR) is 133 cm³/mol. The molecular formula is C23H18BrN3O3S2. The molecular weight excluding hydrogens is 510 g/mol. The van der Waals surface area contributed by atoms with Crippen molar-refractivity contribution in [3.63, 3.8) is 0 Å². The van der Waals surface area contributed by atoms with Gasteiger partial charge in [-0.1, -0.05) is 70.2 Å². The summed E-state index contributed by atoms with van der Waals surface area (Å²) in [6.45, 7) is 0.289. The van der Waals surface area contributed by atoms with E-state index in [-0.39, 0.29) is 18.9 Å². The first-order chi connectivity index (χ1) is 15.4. The Hall–Kier alpha value is -2.75. The van der Waals surface area contributed by atoms with Crippen LogP contribution in [0.1, 0.15) is 18.4 Å². The molecule has 2 aromatic carbocycles. The van der Waals surface area contributed by atoms with E-state index >= 15 is 0 Å². The third kappa shape index (κ3) is 5.01. The molecule has 4 rings (SSSR count). The van der Waals surface area contributed by atoms with Gasteiger partial charge in [0.05, 0.1) is 16.3 Å². The first-order valence-corrected chi connectivity index (χ1v) is 11.8. The van der Waals surface area contributed by atoms with Crippen LogP contribution in [0.4, 0.5) is 0 Å². The number of aromatic nitrogens is 2. The van der Waals surface area contributed by atoms with Gasteiger partial charge in [-0.05, 0) is 36.8 Å². The number of thiocarbonyl (C=S) groups is 1. The second-order valence-electron chi connectivity index (χ2n) is 7.05. The number of benzene rings is 2. The number of halogens is 1. The molecule has 3 aromatic rings. The van der Waals surface area contributed by atoms with Crippen LogP contribution >= 0.6 is 39.9 Å². The molecule has 0 aliphatic carbocycles. The van der Waals surface area contributed by atoms with Gasteiger partial charge in [0.2, 0.25) is 0 Å². The van der Waals surface area contributed by atoms with Gasteiger partial charge < -0.3 is 5.11 Å². The molecule has 32 heavy (non-hydrogen) atoms. The number of thioether (sulfide) groups is 1. The fourth-order valence-electron chi connectivity index (χ4n) is 3.26. The Bertz CT molecular complexity index is 1210. The zero-order valence-corrected chi connectivity index (χ0v) is 20.0. The smallest absolute Gasteiger partial charge is 0.303 e. The second-order valence-corrected chi connectivity index (χ2v) is 9.64. The Labute approximate surface area is 203 Å². The molecule has 1 fully saturated rings. The SMILES string of the molecule is O=C(O)CCCN1C(=O)/C(=C/c2cn(-c3ccccc3)nc2-c2ccc(Br)cc2)SC1=S. The van der Waals surface area contributed by atoms with Crippen molar-refractivity contribution >= 4 is 62.2 Å². The van der Waals surface area contributed by atoms with Crippen LogP contribution in [0.15, 0.2) is 70.2 Å². The van der Waals surface area contributed by atoms with E-state index in [0.717, 1.165) is 27.0 Å². The van der Waals surface area contributed by atoms with Gasteiger partial charge in [-0.15, -0.1) is 0 Å². The summed E-state index contributed by atoms with van der Waals surface area (Å²) in [5, 5.41) is 13.6. The molecule has 1 amide bonds. The summed E-state index contributed by atoms with van der Waals surface area (Å²) in [4.78, 5) is 25.7. The van der Waals surface area contributed by atoms with Crippen molar-refractivity contribution in [2.45, 2.75) is 12.8 Å². The maximum absolute atomic E-state index is 12.9. The number of hydrogen-bond donors (Lipinski definition) is 1. The highest BCUT2D eigenvalue weighted by atomic mass is 79.9. The number of hydrogen-bond acceptors (Lipinski definition) is 5. The highest BCUT2D eigenvalue weighted by Gasteiger charge is 2.32. The van der Waals surface area contributed by atoms with Crippen LogP contribution in [-0.2, 0) is 9.59 Å². The number of para-hydroxylation sites is 1. The lowest BCUT2D eigenvalue weighted by Crippen LogP contribution is -2.29. The quantitative estimate of drug-likeness (QED) is 0.329. The molecule has 1 aromatic heterocycles. The van der Waals surface area contributed by atoms with E-state index in [9.17, 15) is 9.59 Å². The van der Waals surface area contributed by atoms with Crippen LogP contribution in [0.25, 0.3) is 23.0 Å². The summed E-state index contributed by atoms with van der Waals surface area (Å²) in [5.41, 5.74) is 3.37. The highest BCUT2D eigenvalue weighted by Crippen LogP contribution is 2.35. The highest BCUT2D eigenvalue weighted by molar-refractivity contribution is 9.10. The molecule has 0 bridgehead atoms. The maximum atomic E-state index is 12.9. The number of aliphatic carboxylic acids is 1. The molecule has 162 valence electrons. The first-order valence-electron chi connectivity index (χ1n) is 9.80. The predicted octanol–water partition coefficient (Wildman–Crippen LogP) is 5.37. The molecule has 1 saturated heterocycles. The van der Waals surface area contributed by atoms with Crippen LogP contribution in [-0.4, -0.2) is 42.5 Å². The fraction of sp³-hybridized carbons (Fsp3) is 0.130. The Kier molecular flexibility index (Phi) is 6.88. The van der Waals surface area contributed by atoms with E-state index in [4.69, 9.17) is 22.4 Å². The third-order valence-electron chi connectivity index (χ3n) is 4.81. The van der Waals surface area contributed by atoms with E-state index in [1.165, 1.54) is 16.7 Å². The minimum Gasteiger partial charge on any atom is -0.481 e. The van der Waals surface area contributed by atoms with E-state index in [1.807, 2.05) is 60.8 Å². The van der Waals surface area contributed by atoms with Gasteiger partial charge in [0.1, 0.15) is 4.32 Å². The lowest BCUT2D eigenvalue weighted by atomic mass is 10.1. The lowest BCUT2D eigenvalue weighted by Gasteiger charge is -2.13. The number of amides is 1. The minimum atomic E-state index is -0.890. The number of rotatable bonds is 7. The largest absolute Gasteiger partial charge is 0.481 e. The topological polar surface area (TPSA) is 75.4 Å². The van der Waals surface area contributed by atoms with Gasteiger partial charge in [0.25, 0.3) is 5.91 Å². The molecule has 0 saturated carbocycles. The van der Waals surface area contributed by atoms with E-state index in [2.05, 4.69) is 15.9 Å². The lowest BCUT2D eigenvalue weighted by molar-refractivity contribution is -0.137. The average Bonchev–Trinajstić information content (AvgIpc) is 3.31. The van der Waals surface area contributed by atoms with Crippen LogP contribution in [0, 0.1) is 0 Å². The normalized spacial score (nSPS) is 15.0. The van der Waals surface area contributed by atoms with Gasteiger partial charge in [-0.3, -0.25) is 14.5 Å². The zero-order valence-electron chi connectivity index (χ0n) is 16.8. The number of carboxylic acids is 1. The Morgan fingerprint density at radius 2 is 1.88 bits per heavy atom.